The summed E-state index contributed by atoms with van der Waals surface area (Å²) in [6, 6.07) is 6.18. The number of rotatable bonds is 5. The van der Waals surface area contributed by atoms with Crippen molar-refractivity contribution in [2.75, 3.05) is 11.4 Å². The number of hydrogen-bond donors (Lipinski definition) is 1. The molecule has 3 rings (SSSR count). The van der Waals surface area contributed by atoms with E-state index in [0.29, 0.717) is 18.4 Å². The zero-order valence-corrected chi connectivity index (χ0v) is 14.6. The minimum absolute atomic E-state index is 0.0679. The molecule has 0 radical (unpaired) electrons. The Kier molecular flexibility index (Phi) is 4.37. The van der Waals surface area contributed by atoms with Gasteiger partial charge in [0.1, 0.15) is 5.75 Å². The molecule has 2 N–H and O–H groups in total. The zero-order chi connectivity index (χ0) is 16.7. The molecule has 0 aromatic heterocycles. The Morgan fingerprint density at radius 3 is 2.52 bits per heavy atom. The summed E-state index contributed by atoms with van der Waals surface area (Å²) in [7, 11) is 0. The monoisotopic (exact) mass is 316 g/mol. The largest absolute Gasteiger partial charge is 0.478 e. The van der Waals surface area contributed by atoms with Crippen LogP contribution in [0.15, 0.2) is 18.2 Å². The average molecular weight is 316 g/mol. The molecule has 4 nitrogen and oxygen atoms in total. The van der Waals surface area contributed by atoms with Crippen molar-refractivity contribution < 1.29 is 9.53 Å². The van der Waals surface area contributed by atoms with Crippen LogP contribution in [0, 0.1) is 17.8 Å². The first-order chi connectivity index (χ1) is 10.9. The van der Waals surface area contributed by atoms with E-state index in [1.54, 1.807) is 0 Å². The first-order valence-corrected chi connectivity index (χ1v) is 8.76. The van der Waals surface area contributed by atoms with Crippen LogP contribution in [0.5, 0.6) is 5.75 Å². The van der Waals surface area contributed by atoms with E-state index in [4.69, 9.17) is 10.5 Å². The Morgan fingerprint density at radius 2 is 1.96 bits per heavy atom. The van der Waals surface area contributed by atoms with E-state index in [0.717, 1.165) is 17.0 Å². The lowest BCUT2D eigenvalue weighted by molar-refractivity contribution is -0.128. The van der Waals surface area contributed by atoms with Crippen LogP contribution in [0.1, 0.15) is 52.1 Å². The van der Waals surface area contributed by atoms with Crippen molar-refractivity contribution in [3.63, 3.8) is 0 Å². The van der Waals surface area contributed by atoms with Gasteiger partial charge in [0.2, 0.25) is 0 Å². The van der Waals surface area contributed by atoms with Gasteiger partial charge in [-0.1, -0.05) is 33.8 Å². The third-order valence-electron chi connectivity index (χ3n) is 4.71. The normalized spacial score (nSPS) is 22.3. The molecular weight excluding hydrogens is 288 g/mol. The Balaban J connectivity index is 1.97. The third kappa shape index (κ3) is 3.23. The van der Waals surface area contributed by atoms with Gasteiger partial charge in [0.05, 0.1) is 5.69 Å². The summed E-state index contributed by atoms with van der Waals surface area (Å²) in [6.07, 6.45) is 2.02. The van der Waals surface area contributed by atoms with Crippen molar-refractivity contribution in [1.82, 2.24) is 0 Å². The van der Waals surface area contributed by atoms with Crippen LogP contribution in [0.3, 0.4) is 0 Å². The van der Waals surface area contributed by atoms with Crippen molar-refractivity contribution in [1.29, 1.82) is 0 Å². The first kappa shape index (κ1) is 16.3. The van der Waals surface area contributed by atoms with Gasteiger partial charge >= 0.3 is 0 Å². The quantitative estimate of drug-likeness (QED) is 0.904. The van der Waals surface area contributed by atoms with Gasteiger partial charge in [-0.05, 0) is 48.3 Å². The molecule has 1 aliphatic heterocycles. The van der Waals surface area contributed by atoms with E-state index in [2.05, 4.69) is 26.0 Å². The summed E-state index contributed by atoms with van der Waals surface area (Å²) >= 11 is 0. The molecule has 1 amide bonds. The van der Waals surface area contributed by atoms with E-state index in [9.17, 15) is 4.79 Å². The van der Waals surface area contributed by atoms with E-state index < -0.39 is 6.10 Å². The molecule has 126 valence electrons. The fourth-order valence-electron chi connectivity index (χ4n) is 3.21. The molecule has 1 aromatic carbocycles. The molecule has 1 aliphatic carbocycles. The molecule has 0 bridgehead atoms. The Labute approximate surface area is 139 Å². The lowest BCUT2D eigenvalue weighted by Crippen LogP contribution is -2.49. The highest BCUT2D eigenvalue weighted by molar-refractivity contribution is 6.00. The molecule has 4 heteroatoms. The molecule has 1 aromatic rings. The Morgan fingerprint density at radius 1 is 1.26 bits per heavy atom. The lowest BCUT2D eigenvalue weighted by Gasteiger charge is -2.37. The number of nitrogens with two attached hydrogens (primary N) is 1. The highest BCUT2D eigenvalue weighted by atomic mass is 16.5. The highest BCUT2D eigenvalue weighted by Gasteiger charge is 2.37. The van der Waals surface area contributed by atoms with E-state index in [1.165, 1.54) is 12.8 Å². The SMILES string of the molecule is CC(C)CN1C(=O)C(C(C)C)Oc2ccc(C(N)C3CC3)cc21. The van der Waals surface area contributed by atoms with Crippen LogP contribution in [-0.2, 0) is 4.79 Å². The van der Waals surface area contributed by atoms with Crippen molar-refractivity contribution in [3.8, 4) is 5.75 Å². The van der Waals surface area contributed by atoms with Crippen LogP contribution < -0.4 is 15.4 Å². The molecule has 1 heterocycles. The van der Waals surface area contributed by atoms with Crippen LogP contribution in [-0.4, -0.2) is 18.6 Å². The summed E-state index contributed by atoms with van der Waals surface area (Å²) in [6.45, 7) is 9.02. The predicted octanol–water partition coefficient (Wildman–Crippen LogP) is 3.50. The van der Waals surface area contributed by atoms with Crippen LogP contribution in [0.2, 0.25) is 0 Å². The predicted molar refractivity (Wildman–Crippen MR) is 92.5 cm³/mol. The van der Waals surface area contributed by atoms with Gasteiger partial charge < -0.3 is 15.4 Å². The zero-order valence-electron chi connectivity index (χ0n) is 14.6. The molecule has 23 heavy (non-hydrogen) atoms. The van der Waals surface area contributed by atoms with Crippen molar-refractivity contribution in [3.05, 3.63) is 23.8 Å². The second-order valence-electron chi connectivity index (χ2n) is 7.72. The maximum atomic E-state index is 12.9. The summed E-state index contributed by atoms with van der Waals surface area (Å²) in [5.41, 5.74) is 8.34. The Hall–Kier alpha value is -1.55. The van der Waals surface area contributed by atoms with Gasteiger partial charge in [-0.2, -0.15) is 0 Å². The van der Waals surface area contributed by atoms with Gasteiger partial charge in [0.15, 0.2) is 6.10 Å². The minimum Gasteiger partial charge on any atom is -0.478 e. The van der Waals surface area contributed by atoms with Crippen molar-refractivity contribution in [2.45, 2.75) is 52.7 Å². The maximum absolute atomic E-state index is 12.9. The first-order valence-electron chi connectivity index (χ1n) is 8.76. The topological polar surface area (TPSA) is 55.6 Å². The van der Waals surface area contributed by atoms with Gasteiger partial charge in [-0.15, -0.1) is 0 Å². The lowest BCUT2D eigenvalue weighted by atomic mass is 9.98. The maximum Gasteiger partial charge on any atom is 0.268 e. The summed E-state index contributed by atoms with van der Waals surface area (Å²) in [5.74, 6) is 2.02. The van der Waals surface area contributed by atoms with Crippen LogP contribution in [0.4, 0.5) is 5.69 Å². The van der Waals surface area contributed by atoms with Crippen molar-refractivity contribution in [2.24, 2.45) is 23.5 Å². The van der Waals surface area contributed by atoms with Gasteiger partial charge in [-0.3, -0.25) is 4.79 Å². The minimum atomic E-state index is -0.399. The number of hydrogen-bond acceptors (Lipinski definition) is 3. The smallest absolute Gasteiger partial charge is 0.268 e. The van der Waals surface area contributed by atoms with Gasteiger partial charge in [-0.25, -0.2) is 0 Å². The van der Waals surface area contributed by atoms with Crippen molar-refractivity contribution >= 4 is 11.6 Å². The summed E-state index contributed by atoms with van der Waals surface area (Å²) < 4.78 is 6.00. The standard InChI is InChI=1S/C19H28N2O2/c1-11(2)10-21-15-9-14(17(20)13-5-6-13)7-8-16(15)23-18(12(3)4)19(21)22/h7-9,11-13,17-18H,5-6,10,20H2,1-4H3. The van der Waals surface area contributed by atoms with Crippen LogP contribution >= 0.6 is 0 Å². The van der Waals surface area contributed by atoms with E-state index in [1.807, 2.05) is 24.8 Å². The fraction of sp³-hybridized carbons (Fsp3) is 0.632. The number of nitrogens with zero attached hydrogens (tertiary/aromatic N) is 1. The molecule has 2 unspecified atom stereocenters. The van der Waals surface area contributed by atoms with Gasteiger partial charge in [0.25, 0.3) is 5.91 Å². The second-order valence-corrected chi connectivity index (χ2v) is 7.72. The number of amides is 1. The molecule has 1 fully saturated rings. The number of ether oxygens (including phenoxy) is 1. The van der Waals surface area contributed by atoms with Crippen LogP contribution in [0.25, 0.3) is 0 Å². The number of carbonyl (C=O) groups is 1. The molecule has 2 aliphatic rings. The summed E-state index contributed by atoms with van der Waals surface area (Å²) in [4.78, 5) is 14.8. The van der Waals surface area contributed by atoms with Gasteiger partial charge in [0, 0.05) is 12.6 Å². The average Bonchev–Trinajstić information content (AvgIpc) is 3.32. The molecular formula is C19H28N2O2. The van der Waals surface area contributed by atoms with E-state index in [-0.39, 0.29) is 17.9 Å². The number of benzene rings is 1. The van der Waals surface area contributed by atoms with E-state index >= 15 is 0 Å². The fourth-order valence-corrected chi connectivity index (χ4v) is 3.21. The highest BCUT2D eigenvalue weighted by Crippen LogP contribution is 2.43. The molecule has 0 spiro atoms. The number of anilines is 1. The number of fused-ring (bicyclic) bond motifs is 1. The third-order valence-corrected chi connectivity index (χ3v) is 4.71. The summed E-state index contributed by atoms with van der Waals surface area (Å²) in [5, 5.41) is 0. The molecule has 2 atom stereocenters. The second kappa shape index (κ2) is 6.16. The molecule has 0 saturated heterocycles. The Bertz CT molecular complexity index is 593. The molecule has 1 saturated carbocycles. The number of carbonyl (C=O) groups excluding carboxylic acids is 1.